The number of aliphatic hydroxyl groups is 1. The van der Waals surface area contributed by atoms with E-state index in [1.807, 2.05) is 6.92 Å². The second-order valence-electron chi connectivity index (χ2n) is 7.82. The van der Waals surface area contributed by atoms with Gasteiger partial charge >= 0.3 is 0 Å². The maximum Gasteiger partial charge on any atom is 0.154 e. The van der Waals surface area contributed by atoms with Crippen LogP contribution in [-0.4, -0.2) is 60.5 Å². The van der Waals surface area contributed by atoms with Crippen molar-refractivity contribution in [2.45, 2.75) is 51.4 Å². The Morgan fingerprint density at radius 2 is 2.12 bits per heavy atom. The van der Waals surface area contributed by atoms with Crippen LogP contribution in [0.3, 0.4) is 0 Å². The van der Waals surface area contributed by atoms with E-state index >= 15 is 0 Å². The van der Waals surface area contributed by atoms with Gasteiger partial charge in [-0.05, 0) is 37.0 Å². The predicted molar refractivity (Wildman–Crippen MR) is 118 cm³/mol. The predicted octanol–water partition coefficient (Wildman–Crippen LogP) is 3.36. The quantitative estimate of drug-likeness (QED) is 0.617. The Balaban J connectivity index is 0.000000352. The summed E-state index contributed by atoms with van der Waals surface area (Å²) in [5.41, 5.74) is 2.72. The number of ether oxygens (including phenoxy) is 3. The van der Waals surface area contributed by atoms with Gasteiger partial charge in [-0.2, -0.15) is 0 Å². The number of aromatic nitrogens is 2. The van der Waals surface area contributed by atoms with E-state index in [-0.39, 0.29) is 30.1 Å². The summed E-state index contributed by atoms with van der Waals surface area (Å²) in [6, 6.07) is 2.99. The van der Waals surface area contributed by atoms with E-state index in [4.69, 9.17) is 19.3 Å². The Morgan fingerprint density at radius 1 is 1.31 bits per heavy atom. The Hall–Kier alpha value is -2.33. The number of methoxy groups -OCH3 is 1. The number of fused-ring (bicyclic) bond motifs is 1. The normalized spacial score (nSPS) is 19.8. The second kappa shape index (κ2) is 11.5. The van der Waals surface area contributed by atoms with Crippen LogP contribution in [0.2, 0.25) is 0 Å². The molecule has 1 aromatic carbocycles. The van der Waals surface area contributed by atoms with Gasteiger partial charge in [-0.3, -0.25) is 0 Å². The zero-order valence-electron chi connectivity index (χ0n) is 18.9. The van der Waals surface area contributed by atoms with Crippen LogP contribution in [0.25, 0.3) is 11.3 Å². The molecule has 176 valence electrons. The molecule has 2 aliphatic rings. The summed E-state index contributed by atoms with van der Waals surface area (Å²) >= 11 is 0. The van der Waals surface area contributed by atoms with Gasteiger partial charge in [0.25, 0.3) is 0 Å². The molecule has 0 spiro atoms. The van der Waals surface area contributed by atoms with Crippen LogP contribution in [-0.2, 0) is 27.2 Å². The highest BCUT2D eigenvalue weighted by Gasteiger charge is 2.32. The van der Waals surface area contributed by atoms with Crippen LogP contribution in [0.15, 0.2) is 12.1 Å². The van der Waals surface area contributed by atoms with E-state index in [2.05, 4.69) is 15.5 Å². The van der Waals surface area contributed by atoms with Crippen molar-refractivity contribution in [1.29, 1.82) is 0 Å². The maximum absolute atomic E-state index is 14.6. The summed E-state index contributed by atoms with van der Waals surface area (Å²) in [6.45, 7) is 4.10. The summed E-state index contributed by atoms with van der Waals surface area (Å²) in [6.07, 6.45) is 2.84. The van der Waals surface area contributed by atoms with Crippen LogP contribution in [0.4, 0.5) is 10.2 Å². The van der Waals surface area contributed by atoms with Crippen molar-refractivity contribution in [2.24, 2.45) is 0 Å². The number of nitrogens with one attached hydrogen (secondary N) is 1. The number of aryl methyl sites for hydroxylation is 1. The van der Waals surface area contributed by atoms with Crippen molar-refractivity contribution >= 4 is 5.82 Å². The minimum absolute atomic E-state index is 0.0691. The van der Waals surface area contributed by atoms with E-state index in [9.17, 15) is 9.50 Å². The average Bonchev–Trinajstić information content (AvgIpc) is 3.22. The minimum atomic E-state index is -0.508. The molecule has 2 atom stereocenters. The number of aromatic hydroxyl groups is 1. The van der Waals surface area contributed by atoms with Crippen molar-refractivity contribution in [3.63, 3.8) is 0 Å². The molecule has 3 heterocycles. The maximum atomic E-state index is 14.6. The minimum Gasteiger partial charge on any atom is -0.507 e. The Bertz CT molecular complexity index is 882. The first-order chi connectivity index (χ1) is 15.5. The number of hydrogen-bond donors (Lipinski definition) is 3. The molecule has 0 bridgehead atoms. The van der Waals surface area contributed by atoms with E-state index in [0.29, 0.717) is 37.6 Å². The molecule has 1 fully saturated rings. The lowest BCUT2D eigenvalue weighted by Crippen LogP contribution is -2.21. The molecule has 2 aliphatic heterocycles. The molecule has 32 heavy (non-hydrogen) atoms. The topological polar surface area (TPSA) is 106 Å². The summed E-state index contributed by atoms with van der Waals surface area (Å²) in [5, 5.41) is 30.5. The molecule has 8 nitrogen and oxygen atoms in total. The van der Waals surface area contributed by atoms with Crippen LogP contribution in [0.1, 0.15) is 49.0 Å². The van der Waals surface area contributed by atoms with Gasteiger partial charge in [0, 0.05) is 44.9 Å². The molecule has 2 aromatic rings. The van der Waals surface area contributed by atoms with Crippen LogP contribution in [0.5, 0.6) is 5.75 Å². The number of nitrogens with zero attached hydrogens (tertiary/aromatic N) is 2. The Morgan fingerprint density at radius 3 is 2.69 bits per heavy atom. The summed E-state index contributed by atoms with van der Waals surface area (Å²) in [5.74, 6) is -0.0424. The first-order valence-corrected chi connectivity index (χ1v) is 10.9. The van der Waals surface area contributed by atoms with Crippen molar-refractivity contribution < 1.29 is 28.8 Å². The van der Waals surface area contributed by atoms with Crippen LogP contribution < -0.4 is 5.32 Å². The number of phenols is 1. The number of benzene rings is 1. The number of anilines is 1. The van der Waals surface area contributed by atoms with E-state index in [1.165, 1.54) is 6.07 Å². The third-order valence-electron chi connectivity index (χ3n) is 5.60. The number of phenolic OH excluding ortho intramolecular Hbond substituents is 1. The van der Waals surface area contributed by atoms with E-state index in [0.717, 1.165) is 36.1 Å². The van der Waals surface area contributed by atoms with Gasteiger partial charge in [0.05, 0.1) is 31.0 Å². The zero-order chi connectivity index (χ0) is 23.1. The van der Waals surface area contributed by atoms with Crippen LogP contribution in [0, 0.1) is 5.82 Å². The van der Waals surface area contributed by atoms with Gasteiger partial charge < -0.3 is 29.7 Å². The molecule has 0 saturated carbocycles. The summed E-state index contributed by atoms with van der Waals surface area (Å²) < 4.78 is 30.5. The first kappa shape index (κ1) is 24.3. The van der Waals surface area contributed by atoms with Crippen molar-refractivity contribution in [3.05, 3.63) is 34.6 Å². The lowest BCUT2D eigenvalue weighted by atomic mass is 9.97. The number of rotatable bonds is 6. The van der Waals surface area contributed by atoms with Crippen LogP contribution >= 0.6 is 0 Å². The van der Waals surface area contributed by atoms with Gasteiger partial charge in [-0.25, -0.2) is 4.39 Å². The SMILES string of the molecule is CCc1cc(O)c(-c2nnc(NC)c3c2COC3CCOC)c(F)c1.OC1CCCOC1. The summed E-state index contributed by atoms with van der Waals surface area (Å²) in [4.78, 5) is 0. The highest BCUT2D eigenvalue weighted by molar-refractivity contribution is 5.74. The molecule has 4 rings (SSSR count). The number of aliphatic hydroxyl groups excluding tert-OH is 1. The Labute approximate surface area is 187 Å². The molecule has 1 saturated heterocycles. The molecule has 1 aromatic heterocycles. The lowest BCUT2D eigenvalue weighted by molar-refractivity contribution is -0.00535. The molecule has 9 heteroatoms. The summed E-state index contributed by atoms with van der Waals surface area (Å²) in [7, 11) is 3.39. The smallest absolute Gasteiger partial charge is 0.154 e. The van der Waals surface area contributed by atoms with E-state index < -0.39 is 5.82 Å². The van der Waals surface area contributed by atoms with Gasteiger partial charge in [0.2, 0.25) is 0 Å². The number of halogens is 1. The fourth-order valence-corrected chi connectivity index (χ4v) is 3.89. The monoisotopic (exact) mass is 449 g/mol. The molecular weight excluding hydrogens is 417 g/mol. The van der Waals surface area contributed by atoms with Gasteiger partial charge in [-0.1, -0.05) is 6.92 Å². The van der Waals surface area contributed by atoms with Crippen molar-refractivity contribution in [1.82, 2.24) is 10.2 Å². The largest absolute Gasteiger partial charge is 0.507 e. The van der Waals surface area contributed by atoms with E-state index in [1.54, 1.807) is 20.2 Å². The Kier molecular flexibility index (Phi) is 8.75. The van der Waals surface area contributed by atoms with Crippen molar-refractivity contribution in [3.8, 4) is 17.0 Å². The highest BCUT2D eigenvalue weighted by atomic mass is 19.1. The van der Waals surface area contributed by atoms with Gasteiger partial charge in [0.15, 0.2) is 5.82 Å². The van der Waals surface area contributed by atoms with Gasteiger partial charge in [-0.15, -0.1) is 10.2 Å². The fourth-order valence-electron chi connectivity index (χ4n) is 3.89. The molecule has 0 aliphatic carbocycles. The lowest BCUT2D eigenvalue weighted by Gasteiger charge is -2.15. The average molecular weight is 450 g/mol. The standard InChI is InChI=1S/C18H22FN3O3.C5H10O2/c1-4-10-7-12(19)16(13(23)8-10)17-11-9-25-14(5-6-24-3)15(11)18(20-2)22-21-17;6-5-2-1-3-7-4-5/h7-8,14,23H,4-6,9H2,1-3H3,(H,20,22);5-6H,1-4H2. The molecule has 2 unspecified atom stereocenters. The first-order valence-electron chi connectivity index (χ1n) is 10.9. The fraction of sp³-hybridized carbons (Fsp3) is 0.565. The van der Waals surface area contributed by atoms with Crippen molar-refractivity contribution in [2.75, 3.05) is 39.3 Å². The van der Waals surface area contributed by atoms with Gasteiger partial charge in [0.1, 0.15) is 17.3 Å². The molecule has 0 radical (unpaired) electrons. The third kappa shape index (κ3) is 5.53. The molecule has 3 N–H and O–H groups in total. The molecule has 0 amide bonds. The second-order valence-corrected chi connectivity index (χ2v) is 7.82. The molecular formula is C23H32FN3O5. The highest BCUT2D eigenvalue weighted by Crippen LogP contribution is 2.43. The zero-order valence-corrected chi connectivity index (χ0v) is 18.9. The number of hydrogen-bond acceptors (Lipinski definition) is 8. The third-order valence-corrected chi connectivity index (χ3v) is 5.60.